The van der Waals surface area contributed by atoms with Gasteiger partial charge in [-0.25, -0.2) is 0 Å². The molecule has 2 nitrogen and oxygen atoms in total. The minimum absolute atomic E-state index is 0.529. The van der Waals surface area contributed by atoms with Gasteiger partial charge >= 0.3 is 0 Å². The average Bonchev–Trinajstić information content (AvgIpc) is 2.37. The lowest BCUT2D eigenvalue weighted by molar-refractivity contribution is 0.169. The molecule has 0 amide bonds. The lowest BCUT2D eigenvalue weighted by Gasteiger charge is -1.95. The van der Waals surface area contributed by atoms with E-state index in [1.807, 2.05) is 6.07 Å². The molecule has 1 rings (SSSR count). The lowest BCUT2D eigenvalue weighted by atomic mass is 10.2. The highest BCUT2D eigenvalue weighted by molar-refractivity contribution is 6.17. The molecule has 1 N–H and O–H groups in total. The first-order valence-electron chi connectivity index (χ1n) is 3.55. The molecule has 0 aliphatic carbocycles. The van der Waals surface area contributed by atoms with Crippen molar-refractivity contribution >= 4 is 11.6 Å². The molecule has 0 saturated heterocycles. The number of alkyl halides is 1. The summed E-state index contributed by atoms with van der Waals surface area (Å²) in [5.74, 6) is 1.18. The predicted molar refractivity (Wildman–Crippen MR) is 43.8 cm³/mol. The second kappa shape index (κ2) is 3.79. The Labute approximate surface area is 70.8 Å². The lowest BCUT2D eigenvalue weighted by Crippen LogP contribution is -1.86. The Morgan fingerprint density at radius 2 is 2.45 bits per heavy atom. The van der Waals surface area contributed by atoms with Crippen LogP contribution in [-0.2, 0) is 6.42 Å². The molecule has 0 aliphatic rings. The van der Waals surface area contributed by atoms with Crippen molar-refractivity contribution in [2.45, 2.75) is 19.4 Å². The summed E-state index contributed by atoms with van der Waals surface area (Å²) in [7, 11) is 0. The van der Waals surface area contributed by atoms with Crippen molar-refractivity contribution in [2.24, 2.45) is 0 Å². The molecule has 1 aromatic rings. The van der Waals surface area contributed by atoms with Crippen LogP contribution >= 0.6 is 11.6 Å². The molecule has 11 heavy (non-hydrogen) atoms. The zero-order chi connectivity index (χ0) is 8.27. The van der Waals surface area contributed by atoms with E-state index in [2.05, 4.69) is 0 Å². The largest absolute Gasteiger partial charge is 0.466 e. The highest BCUT2D eigenvalue weighted by atomic mass is 35.5. The highest BCUT2D eigenvalue weighted by Gasteiger charge is 2.05. The molecule has 1 heterocycles. The summed E-state index contributed by atoms with van der Waals surface area (Å²) in [5, 5.41) is 9.08. The molecule has 1 atom stereocenters. The van der Waals surface area contributed by atoms with E-state index in [1.54, 1.807) is 13.2 Å². The quantitative estimate of drug-likeness (QED) is 0.713. The fourth-order valence-corrected chi connectivity index (χ4v) is 1.07. The summed E-state index contributed by atoms with van der Waals surface area (Å²) in [6.45, 7) is 1.67. The van der Waals surface area contributed by atoms with E-state index in [0.717, 1.165) is 12.0 Å². The third-order valence-corrected chi connectivity index (χ3v) is 1.66. The fraction of sp³-hybridized carbons (Fsp3) is 0.500. The zero-order valence-corrected chi connectivity index (χ0v) is 7.14. The predicted octanol–water partition coefficient (Wildman–Crippen LogP) is 2.11. The number of furan rings is 1. The maximum atomic E-state index is 9.08. The molecule has 0 aromatic carbocycles. The Morgan fingerprint density at radius 1 is 1.73 bits per heavy atom. The van der Waals surface area contributed by atoms with E-state index in [1.165, 1.54) is 0 Å². The van der Waals surface area contributed by atoms with Gasteiger partial charge in [-0.05, 0) is 25.0 Å². The van der Waals surface area contributed by atoms with Crippen LogP contribution in [0.3, 0.4) is 0 Å². The van der Waals surface area contributed by atoms with Gasteiger partial charge in [0.25, 0.3) is 0 Å². The smallest absolute Gasteiger partial charge is 0.132 e. The van der Waals surface area contributed by atoms with E-state index < -0.39 is 6.10 Å². The maximum Gasteiger partial charge on any atom is 0.132 e. The monoisotopic (exact) mass is 174 g/mol. The van der Waals surface area contributed by atoms with Crippen LogP contribution in [0.2, 0.25) is 0 Å². The van der Waals surface area contributed by atoms with Gasteiger partial charge in [0.2, 0.25) is 0 Å². The van der Waals surface area contributed by atoms with Crippen LogP contribution in [0.25, 0.3) is 0 Å². The number of aryl methyl sites for hydroxylation is 1. The molecule has 0 aliphatic heterocycles. The molecule has 0 radical (unpaired) electrons. The molecule has 0 spiro atoms. The van der Waals surface area contributed by atoms with Crippen LogP contribution in [0.4, 0.5) is 0 Å². The highest BCUT2D eigenvalue weighted by Crippen LogP contribution is 2.16. The summed E-state index contributed by atoms with van der Waals surface area (Å²) in [6.07, 6.45) is 1.89. The molecule has 0 bridgehead atoms. The molecule has 0 saturated carbocycles. The van der Waals surface area contributed by atoms with Crippen LogP contribution in [-0.4, -0.2) is 11.0 Å². The van der Waals surface area contributed by atoms with Crippen molar-refractivity contribution in [3.05, 3.63) is 23.7 Å². The Morgan fingerprint density at radius 3 is 2.91 bits per heavy atom. The average molecular weight is 175 g/mol. The van der Waals surface area contributed by atoms with Gasteiger partial charge in [-0.3, -0.25) is 0 Å². The van der Waals surface area contributed by atoms with Crippen LogP contribution in [0.5, 0.6) is 0 Å². The SMILES string of the molecule is CC(O)c1cc(CCCl)co1. The van der Waals surface area contributed by atoms with Crippen molar-refractivity contribution in [3.8, 4) is 0 Å². The molecular weight excluding hydrogens is 164 g/mol. The van der Waals surface area contributed by atoms with E-state index in [0.29, 0.717) is 11.6 Å². The van der Waals surface area contributed by atoms with E-state index in [9.17, 15) is 0 Å². The summed E-state index contributed by atoms with van der Waals surface area (Å²) in [6, 6.07) is 1.83. The number of hydrogen-bond donors (Lipinski definition) is 1. The van der Waals surface area contributed by atoms with Gasteiger partial charge in [-0.2, -0.15) is 0 Å². The minimum atomic E-state index is -0.529. The van der Waals surface area contributed by atoms with E-state index in [-0.39, 0.29) is 0 Å². The van der Waals surface area contributed by atoms with Gasteiger partial charge in [0.05, 0.1) is 6.26 Å². The Bertz CT molecular complexity index is 218. The van der Waals surface area contributed by atoms with Crippen molar-refractivity contribution in [1.82, 2.24) is 0 Å². The van der Waals surface area contributed by atoms with Gasteiger partial charge in [0.1, 0.15) is 11.9 Å². The summed E-state index contributed by atoms with van der Waals surface area (Å²) in [5.41, 5.74) is 1.04. The number of halogens is 1. The number of rotatable bonds is 3. The summed E-state index contributed by atoms with van der Waals surface area (Å²) < 4.78 is 5.07. The topological polar surface area (TPSA) is 33.4 Å². The van der Waals surface area contributed by atoms with E-state index >= 15 is 0 Å². The molecule has 1 unspecified atom stereocenters. The van der Waals surface area contributed by atoms with Crippen LogP contribution < -0.4 is 0 Å². The third-order valence-electron chi connectivity index (χ3n) is 1.47. The van der Waals surface area contributed by atoms with Gasteiger partial charge < -0.3 is 9.52 Å². The summed E-state index contributed by atoms with van der Waals surface area (Å²) in [4.78, 5) is 0. The van der Waals surface area contributed by atoms with Crippen LogP contribution in [0.15, 0.2) is 16.7 Å². The zero-order valence-electron chi connectivity index (χ0n) is 6.38. The normalized spacial score (nSPS) is 13.4. The van der Waals surface area contributed by atoms with Crippen molar-refractivity contribution in [2.75, 3.05) is 5.88 Å². The Balaban J connectivity index is 2.66. The van der Waals surface area contributed by atoms with Crippen molar-refractivity contribution < 1.29 is 9.52 Å². The van der Waals surface area contributed by atoms with Gasteiger partial charge in [0, 0.05) is 5.88 Å². The Hall–Kier alpha value is -0.470. The second-order valence-electron chi connectivity index (χ2n) is 2.47. The van der Waals surface area contributed by atoms with Gasteiger partial charge in [-0.1, -0.05) is 0 Å². The second-order valence-corrected chi connectivity index (χ2v) is 2.85. The molecular formula is C8H11ClO2. The first-order chi connectivity index (χ1) is 5.24. The number of aliphatic hydroxyl groups is 1. The first-order valence-corrected chi connectivity index (χ1v) is 4.09. The first kappa shape index (κ1) is 8.62. The molecule has 3 heteroatoms. The van der Waals surface area contributed by atoms with Crippen LogP contribution in [0, 0.1) is 0 Å². The summed E-state index contributed by atoms with van der Waals surface area (Å²) >= 11 is 5.52. The number of hydrogen-bond acceptors (Lipinski definition) is 2. The maximum absolute atomic E-state index is 9.08. The van der Waals surface area contributed by atoms with Gasteiger partial charge in [0.15, 0.2) is 0 Å². The Kier molecular flexibility index (Phi) is 2.97. The fourth-order valence-electron chi connectivity index (χ4n) is 0.854. The standard InChI is InChI=1S/C8H11ClO2/c1-6(10)8-4-7(2-3-9)5-11-8/h4-6,10H,2-3H2,1H3. The molecule has 62 valence electrons. The van der Waals surface area contributed by atoms with Crippen molar-refractivity contribution in [1.29, 1.82) is 0 Å². The van der Waals surface area contributed by atoms with E-state index in [4.69, 9.17) is 21.1 Å². The van der Waals surface area contributed by atoms with Crippen molar-refractivity contribution in [3.63, 3.8) is 0 Å². The molecule has 0 fully saturated rings. The third kappa shape index (κ3) is 2.24. The molecule has 1 aromatic heterocycles. The minimum Gasteiger partial charge on any atom is -0.466 e. The van der Waals surface area contributed by atoms with Gasteiger partial charge in [-0.15, -0.1) is 11.6 Å². The van der Waals surface area contributed by atoms with Crippen LogP contribution in [0.1, 0.15) is 24.4 Å². The number of aliphatic hydroxyl groups excluding tert-OH is 1.